The van der Waals surface area contributed by atoms with E-state index in [1.165, 1.54) is 4.90 Å². The number of benzene rings is 1. The van der Waals surface area contributed by atoms with E-state index in [4.69, 9.17) is 0 Å². The normalized spacial score (nSPS) is 16.5. The largest absolute Gasteiger partial charge is 0.401 e. The van der Waals surface area contributed by atoms with Gasteiger partial charge in [0.25, 0.3) is 5.91 Å². The molecule has 0 radical (unpaired) electrons. The first-order chi connectivity index (χ1) is 10.8. The number of nitrogens with zero attached hydrogens (tertiary/aromatic N) is 3. The summed E-state index contributed by atoms with van der Waals surface area (Å²) >= 11 is 0. The third-order valence-corrected chi connectivity index (χ3v) is 4.09. The minimum Gasteiger partial charge on any atom is -0.375 e. The molecule has 7 heteroatoms. The highest BCUT2D eigenvalue weighted by Crippen LogP contribution is 2.19. The summed E-state index contributed by atoms with van der Waals surface area (Å²) in [5.41, 5.74) is 1.60. The molecule has 1 saturated heterocycles. The Bertz CT molecular complexity index is 522. The Morgan fingerprint density at radius 1 is 1.13 bits per heavy atom. The van der Waals surface area contributed by atoms with E-state index in [-0.39, 0.29) is 19.0 Å². The number of piperazine rings is 1. The van der Waals surface area contributed by atoms with Crippen molar-refractivity contribution in [1.29, 1.82) is 0 Å². The van der Waals surface area contributed by atoms with Gasteiger partial charge in [-0.25, -0.2) is 0 Å². The van der Waals surface area contributed by atoms with E-state index in [2.05, 4.69) is 4.90 Å². The number of anilines is 1. The molecule has 1 amide bonds. The van der Waals surface area contributed by atoms with E-state index in [1.807, 2.05) is 26.1 Å². The topological polar surface area (TPSA) is 26.8 Å². The summed E-state index contributed by atoms with van der Waals surface area (Å²) in [6.07, 6.45) is -4.19. The van der Waals surface area contributed by atoms with Crippen LogP contribution in [0.4, 0.5) is 18.9 Å². The summed E-state index contributed by atoms with van der Waals surface area (Å²) in [4.78, 5) is 17.4. The molecule has 1 aromatic carbocycles. The van der Waals surface area contributed by atoms with Crippen LogP contribution in [0.25, 0.3) is 0 Å². The second-order valence-corrected chi connectivity index (χ2v) is 5.74. The van der Waals surface area contributed by atoms with Crippen LogP contribution in [0.1, 0.15) is 17.3 Å². The van der Waals surface area contributed by atoms with Gasteiger partial charge in [0.05, 0.1) is 6.54 Å². The van der Waals surface area contributed by atoms with Gasteiger partial charge in [-0.15, -0.1) is 0 Å². The Kier molecular flexibility index (Phi) is 5.51. The maximum absolute atomic E-state index is 12.4. The van der Waals surface area contributed by atoms with Gasteiger partial charge < -0.3 is 9.80 Å². The van der Waals surface area contributed by atoms with Gasteiger partial charge in [-0.05, 0) is 31.2 Å². The Labute approximate surface area is 134 Å². The van der Waals surface area contributed by atoms with Gasteiger partial charge in [0, 0.05) is 51.0 Å². The van der Waals surface area contributed by atoms with Crippen LogP contribution in [0.5, 0.6) is 0 Å². The third-order valence-electron chi connectivity index (χ3n) is 4.09. The van der Waals surface area contributed by atoms with Crippen LogP contribution in [0.15, 0.2) is 24.3 Å². The van der Waals surface area contributed by atoms with Gasteiger partial charge in [-0.3, -0.25) is 9.69 Å². The quantitative estimate of drug-likeness (QED) is 0.849. The van der Waals surface area contributed by atoms with Crippen LogP contribution in [-0.2, 0) is 0 Å². The van der Waals surface area contributed by atoms with E-state index in [0.717, 1.165) is 12.2 Å². The van der Waals surface area contributed by atoms with Crippen LogP contribution in [0.2, 0.25) is 0 Å². The molecule has 0 spiro atoms. The zero-order chi connectivity index (χ0) is 17.0. The third kappa shape index (κ3) is 4.86. The number of rotatable bonds is 4. The van der Waals surface area contributed by atoms with E-state index in [0.29, 0.717) is 18.7 Å². The van der Waals surface area contributed by atoms with Crippen molar-refractivity contribution in [3.05, 3.63) is 29.8 Å². The maximum Gasteiger partial charge on any atom is 0.401 e. The molecule has 1 aliphatic rings. The number of hydrogen-bond donors (Lipinski definition) is 0. The Balaban J connectivity index is 1.92. The van der Waals surface area contributed by atoms with Crippen molar-refractivity contribution in [1.82, 2.24) is 9.80 Å². The van der Waals surface area contributed by atoms with Crippen LogP contribution < -0.4 is 4.90 Å². The molecule has 1 heterocycles. The smallest absolute Gasteiger partial charge is 0.375 e. The molecule has 0 N–H and O–H groups in total. The molecule has 23 heavy (non-hydrogen) atoms. The SMILES string of the molecule is CCN(C)c1ccc(C(=O)N2CCN(CC(F)(F)F)CC2)cc1. The summed E-state index contributed by atoms with van der Waals surface area (Å²) in [6, 6.07) is 7.31. The molecular weight excluding hydrogens is 307 g/mol. The summed E-state index contributed by atoms with van der Waals surface area (Å²) < 4.78 is 37.1. The van der Waals surface area contributed by atoms with E-state index < -0.39 is 12.7 Å². The standard InChI is InChI=1S/C16H22F3N3O/c1-3-20(2)14-6-4-13(5-7-14)15(23)22-10-8-21(9-11-22)12-16(17,18)19/h4-7H,3,8-12H2,1-2H3. The number of carbonyl (C=O) groups excluding carboxylic acids is 1. The second kappa shape index (κ2) is 7.21. The first kappa shape index (κ1) is 17.6. The van der Waals surface area contributed by atoms with Crippen LogP contribution in [0.3, 0.4) is 0 Å². The highest BCUT2D eigenvalue weighted by molar-refractivity contribution is 5.94. The lowest BCUT2D eigenvalue weighted by Gasteiger charge is -2.35. The van der Waals surface area contributed by atoms with Crippen LogP contribution >= 0.6 is 0 Å². The molecule has 1 aromatic rings. The molecule has 1 aliphatic heterocycles. The van der Waals surface area contributed by atoms with E-state index in [1.54, 1.807) is 17.0 Å². The number of carbonyl (C=O) groups is 1. The van der Waals surface area contributed by atoms with Crippen LogP contribution in [0, 0.1) is 0 Å². The van der Waals surface area contributed by atoms with Gasteiger partial charge >= 0.3 is 6.18 Å². The average Bonchev–Trinajstić information content (AvgIpc) is 2.53. The zero-order valence-electron chi connectivity index (χ0n) is 13.4. The van der Waals surface area contributed by atoms with Crippen molar-refractivity contribution >= 4 is 11.6 Å². The maximum atomic E-state index is 12.4. The lowest BCUT2D eigenvalue weighted by molar-refractivity contribution is -0.148. The lowest BCUT2D eigenvalue weighted by atomic mass is 10.1. The van der Waals surface area contributed by atoms with Crippen LogP contribution in [-0.4, -0.2) is 68.2 Å². The molecule has 1 fully saturated rings. The summed E-state index contributed by atoms with van der Waals surface area (Å²) in [7, 11) is 1.97. The molecule has 0 bridgehead atoms. The highest BCUT2D eigenvalue weighted by atomic mass is 19.4. The Morgan fingerprint density at radius 3 is 2.17 bits per heavy atom. The minimum absolute atomic E-state index is 0.123. The van der Waals surface area contributed by atoms with E-state index >= 15 is 0 Å². The molecule has 4 nitrogen and oxygen atoms in total. The summed E-state index contributed by atoms with van der Waals surface area (Å²) in [6.45, 7) is 3.15. The Hall–Kier alpha value is -1.76. The van der Waals surface area contributed by atoms with Gasteiger partial charge in [-0.1, -0.05) is 0 Å². The van der Waals surface area contributed by atoms with Gasteiger partial charge in [-0.2, -0.15) is 13.2 Å². The predicted molar refractivity (Wildman–Crippen MR) is 83.8 cm³/mol. The fraction of sp³-hybridized carbons (Fsp3) is 0.562. The molecule has 0 atom stereocenters. The van der Waals surface area contributed by atoms with Crippen molar-refractivity contribution in [2.75, 3.05) is 51.2 Å². The summed E-state index contributed by atoms with van der Waals surface area (Å²) in [5, 5.41) is 0. The number of hydrogen-bond acceptors (Lipinski definition) is 3. The number of alkyl halides is 3. The molecule has 0 aliphatic carbocycles. The zero-order valence-corrected chi connectivity index (χ0v) is 13.4. The Morgan fingerprint density at radius 2 is 1.70 bits per heavy atom. The molecular formula is C16H22F3N3O. The second-order valence-electron chi connectivity index (χ2n) is 5.74. The molecule has 128 valence electrons. The fourth-order valence-corrected chi connectivity index (χ4v) is 2.59. The lowest BCUT2D eigenvalue weighted by Crippen LogP contribution is -2.50. The molecule has 0 aromatic heterocycles. The molecule has 0 saturated carbocycles. The van der Waals surface area contributed by atoms with Gasteiger partial charge in [0.1, 0.15) is 0 Å². The van der Waals surface area contributed by atoms with Crippen molar-refractivity contribution in [2.45, 2.75) is 13.1 Å². The fourth-order valence-electron chi connectivity index (χ4n) is 2.59. The van der Waals surface area contributed by atoms with Crippen molar-refractivity contribution in [3.8, 4) is 0 Å². The highest BCUT2D eigenvalue weighted by Gasteiger charge is 2.32. The van der Waals surface area contributed by atoms with Crippen molar-refractivity contribution in [3.63, 3.8) is 0 Å². The van der Waals surface area contributed by atoms with E-state index in [9.17, 15) is 18.0 Å². The first-order valence-electron chi connectivity index (χ1n) is 7.69. The monoisotopic (exact) mass is 329 g/mol. The number of halogens is 3. The van der Waals surface area contributed by atoms with Gasteiger partial charge in [0.15, 0.2) is 0 Å². The summed E-state index contributed by atoms with van der Waals surface area (Å²) in [5.74, 6) is -0.123. The minimum atomic E-state index is -4.19. The first-order valence-corrected chi connectivity index (χ1v) is 7.69. The van der Waals surface area contributed by atoms with Crippen molar-refractivity contribution < 1.29 is 18.0 Å². The molecule has 0 unspecified atom stereocenters. The predicted octanol–water partition coefficient (Wildman–Crippen LogP) is 2.46. The number of amides is 1. The molecule has 2 rings (SSSR count). The average molecular weight is 329 g/mol. The van der Waals surface area contributed by atoms with Crippen molar-refractivity contribution in [2.24, 2.45) is 0 Å². The van der Waals surface area contributed by atoms with Gasteiger partial charge in [0.2, 0.25) is 0 Å².